The fourth-order valence-electron chi connectivity index (χ4n) is 2.03. The molecule has 0 aromatic heterocycles. The molecule has 0 bridgehead atoms. The maximum atomic E-state index is 12.5. The van der Waals surface area contributed by atoms with Crippen molar-refractivity contribution in [3.05, 3.63) is 35.4 Å². The Morgan fingerprint density at radius 3 is 2.57 bits per heavy atom. The fourth-order valence-corrected chi connectivity index (χ4v) is 2.03. The second-order valence-electron chi connectivity index (χ2n) is 4.80. The van der Waals surface area contributed by atoms with E-state index in [1.54, 1.807) is 11.0 Å². The molecule has 0 saturated carbocycles. The number of hydrogen-bond donors (Lipinski definition) is 1. The van der Waals surface area contributed by atoms with Crippen LogP contribution in [0.1, 0.15) is 35.7 Å². The summed E-state index contributed by atoms with van der Waals surface area (Å²) in [7, 11) is 0. The minimum Gasteiger partial charge on any atom is -0.481 e. The number of aryl methyl sites for hydroxylation is 1. The molecule has 116 valence electrons. The van der Waals surface area contributed by atoms with E-state index in [-0.39, 0.29) is 18.9 Å². The second-order valence-corrected chi connectivity index (χ2v) is 4.80. The molecular weight excluding hydrogens is 270 g/mol. The molecule has 1 aromatic carbocycles. The van der Waals surface area contributed by atoms with Crippen LogP contribution < -0.4 is 0 Å². The summed E-state index contributed by atoms with van der Waals surface area (Å²) < 4.78 is 5.26. The maximum Gasteiger partial charge on any atom is 0.305 e. The van der Waals surface area contributed by atoms with E-state index in [4.69, 9.17) is 9.84 Å². The fraction of sp³-hybridized carbons (Fsp3) is 0.500. The lowest BCUT2D eigenvalue weighted by atomic mass is 10.1. The third-order valence-corrected chi connectivity index (χ3v) is 3.18. The lowest BCUT2D eigenvalue weighted by Gasteiger charge is -2.23. The Morgan fingerprint density at radius 2 is 1.95 bits per heavy atom. The van der Waals surface area contributed by atoms with Gasteiger partial charge >= 0.3 is 5.97 Å². The molecule has 0 aliphatic heterocycles. The van der Waals surface area contributed by atoms with Gasteiger partial charge < -0.3 is 14.7 Å². The van der Waals surface area contributed by atoms with Gasteiger partial charge in [0, 0.05) is 31.9 Å². The van der Waals surface area contributed by atoms with Crippen molar-refractivity contribution < 1.29 is 19.4 Å². The SMILES string of the molecule is CCOCCCN(CCC(=O)O)C(=O)c1ccccc1C. The molecule has 5 heteroatoms. The number of benzene rings is 1. The van der Waals surface area contributed by atoms with Crippen LogP contribution in [-0.2, 0) is 9.53 Å². The Bertz CT molecular complexity index is 473. The summed E-state index contributed by atoms with van der Waals surface area (Å²) in [4.78, 5) is 24.9. The summed E-state index contributed by atoms with van der Waals surface area (Å²) in [6.07, 6.45) is 0.650. The summed E-state index contributed by atoms with van der Waals surface area (Å²) in [5, 5.41) is 8.82. The normalized spacial score (nSPS) is 10.4. The quantitative estimate of drug-likeness (QED) is 0.710. The number of carbonyl (C=O) groups excluding carboxylic acids is 1. The molecule has 0 spiro atoms. The van der Waals surface area contributed by atoms with Gasteiger partial charge in [0.1, 0.15) is 0 Å². The minimum absolute atomic E-state index is 0.0493. The summed E-state index contributed by atoms with van der Waals surface area (Å²) in [6, 6.07) is 7.34. The Labute approximate surface area is 125 Å². The zero-order valence-electron chi connectivity index (χ0n) is 12.7. The molecule has 5 nitrogen and oxygen atoms in total. The number of carboxylic acid groups (broad SMARTS) is 1. The van der Waals surface area contributed by atoms with Crippen LogP contribution in [0.5, 0.6) is 0 Å². The predicted octanol–water partition coefficient (Wildman–Crippen LogP) is 2.34. The van der Waals surface area contributed by atoms with E-state index in [9.17, 15) is 9.59 Å². The molecule has 0 fully saturated rings. The zero-order chi connectivity index (χ0) is 15.7. The third-order valence-electron chi connectivity index (χ3n) is 3.18. The molecule has 0 aliphatic rings. The molecule has 1 rings (SSSR count). The number of rotatable bonds is 9. The van der Waals surface area contributed by atoms with Gasteiger partial charge in [0.25, 0.3) is 5.91 Å². The molecule has 0 unspecified atom stereocenters. The minimum atomic E-state index is -0.901. The topological polar surface area (TPSA) is 66.8 Å². The molecule has 0 radical (unpaired) electrons. The highest BCUT2D eigenvalue weighted by Crippen LogP contribution is 2.11. The van der Waals surface area contributed by atoms with Crippen molar-refractivity contribution in [1.82, 2.24) is 4.90 Å². The highest BCUT2D eigenvalue weighted by Gasteiger charge is 2.17. The van der Waals surface area contributed by atoms with Crippen LogP contribution in [0, 0.1) is 6.92 Å². The van der Waals surface area contributed by atoms with Crippen LogP contribution in [0.3, 0.4) is 0 Å². The first kappa shape index (κ1) is 17.2. The van der Waals surface area contributed by atoms with Crippen molar-refractivity contribution in [2.75, 3.05) is 26.3 Å². The van der Waals surface area contributed by atoms with E-state index in [1.165, 1.54) is 0 Å². The summed E-state index contributed by atoms with van der Waals surface area (Å²) in [6.45, 7) is 5.72. The number of hydrogen-bond acceptors (Lipinski definition) is 3. The number of amides is 1. The van der Waals surface area contributed by atoms with Gasteiger partial charge in [-0.1, -0.05) is 18.2 Å². The molecule has 0 atom stereocenters. The van der Waals surface area contributed by atoms with Gasteiger partial charge in [-0.15, -0.1) is 0 Å². The van der Waals surface area contributed by atoms with E-state index in [0.29, 0.717) is 31.7 Å². The van der Waals surface area contributed by atoms with Gasteiger partial charge in [0.2, 0.25) is 0 Å². The Morgan fingerprint density at radius 1 is 1.24 bits per heavy atom. The number of carbonyl (C=O) groups is 2. The third kappa shape index (κ3) is 5.95. The predicted molar refractivity (Wildman–Crippen MR) is 80.4 cm³/mol. The van der Waals surface area contributed by atoms with Gasteiger partial charge in [-0.2, -0.15) is 0 Å². The van der Waals surface area contributed by atoms with Gasteiger partial charge in [0.15, 0.2) is 0 Å². The molecule has 1 N–H and O–H groups in total. The first-order valence-corrected chi connectivity index (χ1v) is 7.20. The average Bonchev–Trinajstić information content (AvgIpc) is 2.46. The second kappa shape index (κ2) is 9.13. The van der Waals surface area contributed by atoms with Crippen molar-refractivity contribution in [2.24, 2.45) is 0 Å². The van der Waals surface area contributed by atoms with Crippen molar-refractivity contribution in [3.8, 4) is 0 Å². The van der Waals surface area contributed by atoms with Gasteiger partial charge in [-0.25, -0.2) is 0 Å². The monoisotopic (exact) mass is 293 g/mol. The zero-order valence-corrected chi connectivity index (χ0v) is 12.7. The summed E-state index contributed by atoms with van der Waals surface area (Å²) in [5.74, 6) is -1.02. The van der Waals surface area contributed by atoms with Crippen LogP contribution in [0.15, 0.2) is 24.3 Å². The lowest BCUT2D eigenvalue weighted by molar-refractivity contribution is -0.137. The summed E-state index contributed by atoms with van der Waals surface area (Å²) in [5.41, 5.74) is 1.52. The molecule has 0 aliphatic carbocycles. The Kier molecular flexibility index (Phi) is 7.46. The van der Waals surface area contributed by atoms with Crippen LogP contribution >= 0.6 is 0 Å². The van der Waals surface area contributed by atoms with Gasteiger partial charge in [-0.05, 0) is 31.9 Å². The van der Waals surface area contributed by atoms with Crippen LogP contribution in [0.25, 0.3) is 0 Å². The van der Waals surface area contributed by atoms with Crippen molar-refractivity contribution in [1.29, 1.82) is 0 Å². The molecule has 0 heterocycles. The van der Waals surface area contributed by atoms with E-state index in [1.807, 2.05) is 32.0 Å². The average molecular weight is 293 g/mol. The van der Waals surface area contributed by atoms with Crippen LogP contribution in [0.2, 0.25) is 0 Å². The summed E-state index contributed by atoms with van der Waals surface area (Å²) >= 11 is 0. The maximum absolute atomic E-state index is 12.5. The lowest BCUT2D eigenvalue weighted by Crippen LogP contribution is -2.34. The number of ether oxygens (including phenoxy) is 1. The van der Waals surface area contributed by atoms with Crippen molar-refractivity contribution >= 4 is 11.9 Å². The van der Waals surface area contributed by atoms with Gasteiger partial charge in [-0.3, -0.25) is 9.59 Å². The van der Waals surface area contributed by atoms with Crippen LogP contribution in [0.4, 0.5) is 0 Å². The smallest absolute Gasteiger partial charge is 0.305 e. The van der Waals surface area contributed by atoms with Crippen molar-refractivity contribution in [2.45, 2.75) is 26.7 Å². The van der Waals surface area contributed by atoms with Crippen molar-refractivity contribution in [3.63, 3.8) is 0 Å². The number of aliphatic carboxylic acids is 1. The number of carboxylic acids is 1. The molecular formula is C16H23NO4. The highest BCUT2D eigenvalue weighted by atomic mass is 16.5. The Hall–Kier alpha value is -1.88. The first-order chi connectivity index (χ1) is 10.1. The molecule has 1 amide bonds. The Balaban J connectivity index is 2.71. The van der Waals surface area contributed by atoms with Gasteiger partial charge in [0.05, 0.1) is 6.42 Å². The van der Waals surface area contributed by atoms with E-state index in [2.05, 4.69) is 0 Å². The largest absolute Gasteiger partial charge is 0.481 e. The van der Waals surface area contributed by atoms with E-state index >= 15 is 0 Å². The van der Waals surface area contributed by atoms with E-state index < -0.39 is 5.97 Å². The molecule has 0 saturated heterocycles. The molecule has 1 aromatic rings. The molecule has 21 heavy (non-hydrogen) atoms. The van der Waals surface area contributed by atoms with Crippen LogP contribution in [-0.4, -0.2) is 48.2 Å². The standard InChI is InChI=1S/C16H23NO4/c1-3-21-12-6-10-17(11-9-15(18)19)16(20)14-8-5-4-7-13(14)2/h4-5,7-8H,3,6,9-12H2,1-2H3,(H,18,19). The number of nitrogens with zero attached hydrogens (tertiary/aromatic N) is 1. The van der Waals surface area contributed by atoms with E-state index in [0.717, 1.165) is 5.56 Å². The first-order valence-electron chi connectivity index (χ1n) is 7.20. The highest BCUT2D eigenvalue weighted by molar-refractivity contribution is 5.95.